The summed E-state index contributed by atoms with van der Waals surface area (Å²) in [7, 11) is 0. The fraction of sp³-hybridized carbons (Fsp3) is 0.500. The number of rotatable bonds is 5. The second-order valence-corrected chi connectivity index (χ2v) is 5.77. The molecule has 0 spiro atoms. The van der Waals surface area contributed by atoms with E-state index >= 15 is 0 Å². The number of benzene rings is 1. The van der Waals surface area contributed by atoms with Crippen molar-refractivity contribution in [2.75, 3.05) is 12.0 Å². The predicted octanol–water partition coefficient (Wildman–Crippen LogP) is 3.56. The molecule has 90 valence electrons. The number of nitrogens with one attached hydrogen (secondary N) is 1. The standard InChI is InChI=1S/C12H18BrNOS/c1-8(7-16-3)14-9(2)11-5-4-10(13)6-12(11)15/h4-6,8-9,14-15H,7H2,1-3H3. The highest BCUT2D eigenvalue weighted by molar-refractivity contribution is 9.10. The maximum atomic E-state index is 9.83. The SMILES string of the molecule is CSCC(C)NC(C)c1ccc(Br)cc1O. The highest BCUT2D eigenvalue weighted by atomic mass is 79.9. The first-order valence-electron chi connectivity index (χ1n) is 5.28. The minimum Gasteiger partial charge on any atom is -0.508 e. The number of thioether (sulfide) groups is 1. The Morgan fingerprint density at radius 3 is 2.69 bits per heavy atom. The van der Waals surface area contributed by atoms with Crippen LogP contribution < -0.4 is 5.32 Å². The van der Waals surface area contributed by atoms with Gasteiger partial charge in [0.1, 0.15) is 5.75 Å². The molecule has 2 nitrogen and oxygen atoms in total. The molecule has 0 aliphatic carbocycles. The second-order valence-electron chi connectivity index (χ2n) is 3.95. The summed E-state index contributed by atoms with van der Waals surface area (Å²) in [4.78, 5) is 0. The summed E-state index contributed by atoms with van der Waals surface area (Å²) in [6, 6.07) is 6.23. The van der Waals surface area contributed by atoms with Crippen molar-refractivity contribution in [2.24, 2.45) is 0 Å². The Bertz CT molecular complexity index is 346. The van der Waals surface area contributed by atoms with Gasteiger partial charge in [-0.25, -0.2) is 0 Å². The molecule has 0 bridgehead atoms. The van der Waals surface area contributed by atoms with Gasteiger partial charge >= 0.3 is 0 Å². The minimum absolute atomic E-state index is 0.162. The van der Waals surface area contributed by atoms with E-state index in [0.717, 1.165) is 15.8 Å². The summed E-state index contributed by atoms with van der Waals surface area (Å²) in [6.45, 7) is 4.22. The summed E-state index contributed by atoms with van der Waals surface area (Å²) in [6.07, 6.45) is 2.10. The van der Waals surface area contributed by atoms with Crippen LogP contribution in [0.2, 0.25) is 0 Å². The largest absolute Gasteiger partial charge is 0.508 e. The molecule has 0 aromatic heterocycles. The van der Waals surface area contributed by atoms with Gasteiger partial charge in [-0.1, -0.05) is 22.0 Å². The molecule has 2 atom stereocenters. The van der Waals surface area contributed by atoms with E-state index in [9.17, 15) is 5.11 Å². The van der Waals surface area contributed by atoms with Gasteiger partial charge in [0.25, 0.3) is 0 Å². The quantitative estimate of drug-likeness (QED) is 0.872. The maximum Gasteiger partial charge on any atom is 0.121 e. The Hall–Kier alpha value is -0.190. The Kier molecular flexibility index (Phi) is 5.66. The third kappa shape index (κ3) is 4.00. The minimum atomic E-state index is 0.162. The van der Waals surface area contributed by atoms with Gasteiger partial charge in [-0.2, -0.15) is 11.8 Å². The number of phenols is 1. The lowest BCUT2D eigenvalue weighted by Crippen LogP contribution is -2.30. The Balaban J connectivity index is 2.69. The summed E-state index contributed by atoms with van der Waals surface area (Å²) in [5.74, 6) is 1.41. The van der Waals surface area contributed by atoms with Crippen molar-refractivity contribution in [1.82, 2.24) is 5.32 Å². The smallest absolute Gasteiger partial charge is 0.121 e. The van der Waals surface area contributed by atoms with E-state index in [1.54, 1.807) is 6.07 Å². The Morgan fingerprint density at radius 2 is 2.12 bits per heavy atom. The van der Waals surface area contributed by atoms with Gasteiger partial charge in [-0.15, -0.1) is 0 Å². The van der Waals surface area contributed by atoms with Crippen LogP contribution in [0.5, 0.6) is 5.75 Å². The fourth-order valence-corrected chi connectivity index (χ4v) is 2.64. The molecule has 0 aliphatic heterocycles. The normalized spacial score (nSPS) is 14.8. The molecule has 0 heterocycles. The van der Waals surface area contributed by atoms with Crippen LogP contribution in [-0.4, -0.2) is 23.2 Å². The van der Waals surface area contributed by atoms with E-state index in [4.69, 9.17) is 0 Å². The highest BCUT2D eigenvalue weighted by Gasteiger charge is 2.12. The van der Waals surface area contributed by atoms with Crippen LogP contribution >= 0.6 is 27.7 Å². The van der Waals surface area contributed by atoms with Gasteiger partial charge in [0.2, 0.25) is 0 Å². The number of aromatic hydroxyl groups is 1. The van der Waals surface area contributed by atoms with Gasteiger partial charge in [0, 0.05) is 27.9 Å². The van der Waals surface area contributed by atoms with Crippen LogP contribution in [0.15, 0.2) is 22.7 Å². The van der Waals surface area contributed by atoms with Crippen molar-refractivity contribution in [3.05, 3.63) is 28.2 Å². The van der Waals surface area contributed by atoms with Crippen molar-refractivity contribution >= 4 is 27.7 Å². The number of hydrogen-bond acceptors (Lipinski definition) is 3. The van der Waals surface area contributed by atoms with Crippen molar-refractivity contribution in [2.45, 2.75) is 25.9 Å². The molecule has 2 N–H and O–H groups in total. The predicted molar refractivity (Wildman–Crippen MR) is 75.2 cm³/mol. The molecule has 1 rings (SSSR count). The van der Waals surface area contributed by atoms with E-state index in [2.05, 4.69) is 41.3 Å². The van der Waals surface area contributed by atoms with E-state index in [-0.39, 0.29) is 6.04 Å². The molecule has 1 aromatic rings. The highest BCUT2D eigenvalue weighted by Crippen LogP contribution is 2.27. The molecule has 1 aromatic carbocycles. The van der Waals surface area contributed by atoms with Crippen LogP contribution in [0.4, 0.5) is 0 Å². The summed E-state index contributed by atoms with van der Waals surface area (Å²) in [5, 5.41) is 13.3. The van der Waals surface area contributed by atoms with Gasteiger partial charge in [-0.3, -0.25) is 0 Å². The lowest BCUT2D eigenvalue weighted by atomic mass is 10.1. The average molecular weight is 304 g/mol. The molecule has 0 radical (unpaired) electrons. The zero-order valence-corrected chi connectivity index (χ0v) is 12.2. The molecule has 4 heteroatoms. The fourth-order valence-electron chi connectivity index (χ4n) is 1.70. The van der Waals surface area contributed by atoms with Gasteiger partial charge in [0.05, 0.1) is 0 Å². The maximum absolute atomic E-state index is 9.83. The van der Waals surface area contributed by atoms with Crippen LogP contribution in [0.3, 0.4) is 0 Å². The van der Waals surface area contributed by atoms with Crippen LogP contribution in [-0.2, 0) is 0 Å². The number of hydrogen-bond donors (Lipinski definition) is 2. The summed E-state index contributed by atoms with van der Waals surface area (Å²) >= 11 is 5.16. The molecule has 0 saturated carbocycles. The van der Waals surface area contributed by atoms with Gasteiger partial charge in [0.15, 0.2) is 0 Å². The molecule has 0 fully saturated rings. The zero-order valence-electron chi connectivity index (χ0n) is 9.83. The van der Waals surface area contributed by atoms with Crippen molar-refractivity contribution < 1.29 is 5.11 Å². The molecular formula is C12H18BrNOS. The second kappa shape index (κ2) is 6.52. The average Bonchev–Trinajstić information content (AvgIpc) is 2.17. The third-order valence-corrected chi connectivity index (χ3v) is 3.74. The van der Waals surface area contributed by atoms with E-state index in [1.807, 2.05) is 23.9 Å². The molecule has 2 unspecified atom stereocenters. The van der Waals surface area contributed by atoms with Gasteiger partial charge < -0.3 is 10.4 Å². The summed E-state index contributed by atoms with van der Waals surface area (Å²) < 4.78 is 0.901. The lowest BCUT2D eigenvalue weighted by molar-refractivity contribution is 0.443. The van der Waals surface area contributed by atoms with Crippen LogP contribution in [0.25, 0.3) is 0 Å². The Labute approximate surface area is 110 Å². The van der Waals surface area contributed by atoms with Crippen LogP contribution in [0, 0.1) is 0 Å². The number of phenolic OH excluding ortho intramolecular Hbond substituents is 1. The molecule has 0 saturated heterocycles. The molecule has 0 amide bonds. The van der Waals surface area contributed by atoms with E-state index in [0.29, 0.717) is 11.8 Å². The summed E-state index contributed by atoms with van der Waals surface area (Å²) in [5.41, 5.74) is 0.941. The molecule has 0 aliphatic rings. The third-order valence-electron chi connectivity index (χ3n) is 2.41. The van der Waals surface area contributed by atoms with Crippen molar-refractivity contribution in [3.63, 3.8) is 0 Å². The topological polar surface area (TPSA) is 32.3 Å². The van der Waals surface area contributed by atoms with Crippen molar-refractivity contribution in [1.29, 1.82) is 0 Å². The lowest BCUT2D eigenvalue weighted by Gasteiger charge is -2.20. The molecular weight excluding hydrogens is 286 g/mol. The van der Waals surface area contributed by atoms with Crippen molar-refractivity contribution in [3.8, 4) is 5.75 Å². The van der Waals surface area contributed by atoms with Crippen LogP contribution in [0.1, 0.15) is 25.5 Å². The van der Waals surface area contributed by atoms with E-state index in [1.165, 1.54) is 0 Å². The molecule has 16 heavy (non-hydrogen) atoms. The first-order chi connectivity index (χ1) is 7.54. The Morgan fingerprint density at radius 1 is 1.44 bits per heavy atom. The number of halogens is 1. The monoisotopic (exact) mass is 303 g/mol. The first kappa shape index (κ1) is 13.9. The van der Waals surface area contributed by atoms with E-state index < -0.39 is 0 Å². The first-order valence-corrected chi connectivity index (χ1v) is 7.46. The van der Waals surface area contributed by atoms with Gasteiger partial charge in [-0.05, 0) is 32.2 Å². The zero-order chi connectivity index (χ0) is 12.1.